The third kappa shape index (κ3) is 5.30. The Kier molecular flexibility index (Phi) is 7.25. The Morgan fingerprint density at radius 3 is 2.13 bits per heavy atom. The van der Waals surface area contributed by atoms with Gasteiger partial charge >= 0.3 is 0 Å². The lowest BCUT2D eigenvalue weighted by molar-refractivity contribution is -0.126. The van der Waals surface area contributed by atoms with Crippen molar-refractivity contribution in [3.8, 4) is 0 Å². The highest BCUT2D eigenvalue weighted by Gasteiger charge is 2.45. The molecule has 0 aromatic heterocycles. The standard InChI is InChI=1S/C30H24ClFN2O4S/c1-39(37,38)23-14-12-21(26(32)17-23)18-33-29(35)28-25-16-22(31)13-15-24(25)30(36)34(28)27(19-8-4-2-5-9-19)20-10-6-3-7-11-20/h2-17,27-28H,18H2,1H3,(H,33,35). The number of hydrogen-bond donors (Lipinski definition) is 1. The molecule has 1 aliphatic rings. The fourth-order valence-electron chi connectivity index (χ4n) is 4.86. The largest absolute Gasteiger partial charge is 0.350 e. The van der Waals surface area contributed by atoms with E-state index in [4.69, 9.17) is 11.6 Å². The molecule has 0 fully saturated rings. The molecule has 0 spiro atoms. The molecule has 4 aromatic rings. The summed E-state index contributed by atoms with van der Waals surface area (Å²) in [5.41, 5.74) is 2.56. The summed E-state index contributed by atoms with van der Waals surface area (Å²) < 4.78 is 38.2. The lowest BCUT2D eigenvalue weighted by Gasteiger charge is -2.33. The van der Waals surface area contributed by atoms with Gasteiger partial charge in [0, 0.05) is 29.0 Å². The molecule has 4 aromatic carbocycles. The maximum absolute atomic E-state index is 14.7. The summed E-state index contributed by atoms with van der Waals surface area (Å²) in [5.74, 6) is -1.61. The smallest absolute Gasteiger partial charge is 0.255 e. The van der Waals surface area contributed by atoms with Crippen LogP contribution in [0.25, 0.3) is 0 Å². The van der Waals surface area contributed by atoms with Crippen molar-refractivity contribution in [3.05, 3.63) is 136 Å². The molecule has 1 heterocycles. The van der Waals surface area contributed by atoms with Gasteiger partial charge < -0.3 is 10.2 Å². The maximum Gasteiger partial charge on any atom is 0.255 e. The van der Waals surface area contributed by atoms with E-state index >= 15 is 0 Å². The van der Waals surface area contributed by atoms with Crippen molar-refractivity contribution in [2.75, 3.05) is 6.26 Å². The van der Waals surface area contributed by atoms with Crippen LogP contribution in [0.4, 0.5) is 4.39 Å². The average molecular weight is 563 g/mol. The van der Waals surface area contributed by atoms with Gasteiger partial charge in [0.25, 0.3) is 5.91 Å². The summed E-state index contributed by atoms with van der Waals surface area (Å²) in [5, 5.41) is 3.12. The van der Waals surface area contributed by atoms with E-state index in [9.17, 15) is 22.4 Å². The third-order valence-corrected chi connectivity index (χ3v) is 8.06. The highest BCUT2D eigenvalue weighted by molar-refractivity contribution is 7.90. The monoisotopic (exact) mass is 562 g/mol. The Morgan fingerprint density at radius 1 is 0.949 bits per heavy atom. The van der Waals surface area contributed by atoms with E-state index in [2.05, 4.69) is 5.32 Å². The van der Waals surface area contributed by atoms with E-state index in [-0.39, 0.29) is 22.9 Å². The van der Waals surface area contributed by atoms with Gasteiger partial charge in [0.15, 0.2) is 9.84 Å². The van der Waals surface area contributed by atoms with E-state index < -0.39 is 33.6 Å². The minimum Gasteiger partial charge on any atom is -0.350 e. The molecule has 1 atom stereocenters. The number of benzene rings is 4. The summed E-state index contributed by atoms with van der Waals surface area (Å²) in [7, 11) is -3.58. The average Bonchev–Trinajstić information content (AvgIpc) is 3.19. The zero-order chi connectivity index (χ0) is 27.7. The Hall–Kier alpha value is -4.01. The Bertz CT molecular complexity index is 1620. The molecule has 39 heavy (non-hydrogen) atoms. The van der Waals surface area contributed by atoms with E-state index in [1.54, 1.807) is 18.2 Å². The molecule has 0 bridgehead atoms. The highest BCUT2D eigenvalue weighted by atomic mass is 35.5. The molecule has 1 aliphatic heterocycles. The molecular weight excluding hydrogens is 539 g/mol. The number of sulfone groups is 1. The van der Waals surface area contributed by atoms with Gasteiger partial charge in [-0.25, -0.2) is 12.8 Å². The molecule has 2 amide bonds. The number of amides is 2. The van der Waals surface area contributed by atoms with Gasteiger partial charge in [-0.2, -0.15) is 0 Å². The molecule has 198 valence electrons. The molecule has 0 saturated heterocycles. The van der Waals surface area contributed by atoms with Crippen LogP contribution in [0.5, 0.6) is 0 Å². The molecule has 0 saturated carbocycles. The quantitative estimate of drug-likeness (QED) is 0.323. The van der Waals surface area contributed by atoms with Gasteiger partial charge in [0.1, 0.15) is 11.9 Å². The van der Waals surface area contributed by atoms with Crippen LogP contribution in [0.15, 0.2) is 102 Å². The predicted octanol–water partition coefficient (Wildman–Crippen LogP) is 5.49. The van der Waals surface area contributed by atoms with Gasteiger partial charge in [-0.3, -0.25) is 9.59 Å². The normalized spacial score (nSPS) is 14.9. The first-order chi connectivity index (χ1) is 18.6. The van der Waals surface area contributed by atoms with Crippen molar-refractivity contribution in [2.24, 2.45) is 0 Å². The number of rotatable bonds is 7. The van der Waals surface area contributed by atoms with Gasteiger partial charge in [0.2, 0.25) is 5.91 Å². The van der Waals surface area contributed by atoms with E-state index in [1.165, 1.54) is 17.0 Å². The fourth-order valence-corrected chi connectivity index (χ4v) is 5.67. The summed E-state index contributed by atoms with van der Waals surface area (Å²) in [6.45, 7) is -0.204. The van der Waals surface area contributed by atoms with Gasteiger partial charge in [-0.05, 0) is 47.0 Å². The first-order valence-electron chi connectivity index (χ1n) is 12.1. The van der Waals surface area contributed by atoms with Crippen molar-refractivity contribution < 1.29 is 22.4 Å². The van der Waals surface area contributed by atoms with Crippen LogP contribution >= 0.6 is 11.6 Å². The summed E-state index contributed by atoms with van der Waals surface area (Å²) in [4.78, 5) is 29.0. The lowest BCUT2D eigenvalue weighted by atomic mass is 9.95. The highest BCUT2D eigenvalue weighted by Crippen LogP contribution is 2.43. The molecular formula is C30H24ClFN2O4S. The van der Waals surface area contributed by atoms with Crippen LogP contribution < -0.4 is 5.32 Å². The minimum atomic E-state index is -3.58. The number of halogens is 2. The molecule has 1 unspecified atom stereocenters. The van der Waals surface area contributed by atoms with Crippen LogP contribution in [0.1, 0.15) is 44.7 Å². The van der Waals surface area contributed by atoms with E-state index in [1.807, 2.05) is 60.7 Å². The number of nitrogens with one attached hydrogen (secondary N) is 1. The Morgan fingerprint density at radius 2 is 1.56 bits per heavy atom. The fraction of sp³-hybridized carbons (Fsp3) is 0.133. The van der Waals surface area contributed by atoms with Gasteiger partial charge in [0.05, 0.1) is 10.9 Å². The van der Waals surface area contributed by atoms with Crippen LogP contribution in [0, 0.1) is 5.82 Å². The number of carbonyl (C=O) groups is 2. The van der Waals surface area contributed by atoms with Gasteiger partial charge in [-0.15, -0.1) is 0 Å². The molecule has 1 N–H and O–H groups in total. The van der Waals surface area contributed by atoms with Crippen molar-refractivity contribution in [3.63, 3.8) is 0 Å². The maximum atomic E-state index is 14.7. The Labute approximate surface area is 231 Å². The SMILES string of the molecule is CS(=O)(=O)c1ccc(CNC(=O)C2c3cc(Cl)ccc3C(=O)N2C(c2ccccc2)c2ccccc2)c(F)c1. The zero-order valence-corrected chi connectivity index (χ0v) is 22.4. The van der Waals surface area contributed by atoms with Crippen molar-refractivity contribution >= 4 is 33.3 Å². The molecule has 0 radical (unpaired) electrons. The van der Waals surface area contributed by atoms with Crippen molar-refractivity contribution in [1.82, 2.24) is 10.2 Å². The van der Waals surface area contributed by atoms with Crippen molar-refractivity contribution in [2.45, 2.75) is 23.5 Å². The zero-order valence-electron chi connectivity index (χ0n) is 20.8. The van der Waals surface area contributed by atoms with Crippen molar-refractivity contribution in [1.29, 1.82) is 0 Å². The first kappa shape index (κ1) is 26.6. The second-order valence-corrected chi connectivity index (χ2v) is 11.8. The summed E-state index contributed by atoms with van der Waals surface area (Å²) in [6.07, 6.45) is 0.993. The van der Waals surface area contributed by atoms with Crippen LogP contribution in [0.3, 0.4) is 0 Å². The predicted molar refractivity (Wildman–Crippen MR) is 146 cm³/mol. The minimum absolute atomic E-state index is 0.112. The number of hydrogen-bond acceptors (Lipinski definition) is 4. The molecule has 5 rings (SSSR count). The number of fused-ring (bicyclic) bond motifs is 1. The third-order valence-electron chi connectivity index (χ3n) is 6.71. The lowest BCUT2D eigenvalue weighted by Crippen LogP contribution is -2.41. The second-order valence-electron chi connectivity index (χ2n) is 9.31. The van der Waals surface area contributed by atoms with E-state index in [0.29, 0.717) is 16.1 Å². The summed E-state index contributed by atoms with van der Waals surface area (Å²) in [6, 6.07) is 25.5. The van der Waals surface area contributed by atoms with Gasteiger partial charge in [-0.1, -0.05) is 78.3 Å². The second kappa shape index (κ2) is 10.6. The summed E-state index contributed by atoms with van der Waals surface area (Å²) >= 11 is 6.29. The van der Waals surface area contributed by atoms with Crippen LogP contribution in [0.2, 0.25) is 5.02 Å². The van der Waals surface area contributed by atoms with Crippen LogP contribution in [-0.4, -0.2) is 31.4 Å². The number of nitrogens with zero attached hydrogens (tertiary/aromatic N) is 1. The first-order valence-corrected chi connectivity index (χ1v) is 14.4. The van der Waals surface area contributed by atoms with E-state index in [0.717, 1.165) is 23.4 Å². The topological polar surface area (TPSA) is 83.5 Å². The molecule has 0 aliphatic carbocycles. The molecule has 6 nitrogen and oxygen atoms in total. The Balaban J connectivity index is 1.54. The molecule has 9 heteroatoms. The van der Waals surface area contributed by atoms with Crippen LogP contribution in [-0.2, 0) is 21.2 Å². The number of carbonyl (C=O) groups excluding carboxylic acids is 2.